The number of carbonyl (C=O) groups is 2. The maximum absolute atomic E-state index is 10.9. The molecule has 0 radical (unpaired) electrons. The third kappa shape index (κ3) is 1.29. The Morgan fingerprint density at radius 2 is 2.33 bits per heavy atom. The highest BCUT2D eigenvalue weighted by atomic mass is 16.6. The molecule has 68 valence electrons. The van der Waals surface area contributed by atoms with E-state index in [4.69, 9.17) is 5.11 Å². The maximum Gasteiger partial charge on any atom is 0.345 e. The van der Waals surface area contributed by atoms with Crippen LogP contribution in [0, 0.1) is 11.8 Å². The minimum absolute atomic E-state index is 0.0901. The van der Waals surface area contributed by atoms with Crippen molar-refractivity contribution in [3.05, 3.63) is 0 Å². The first-order valence-electron chi connectivity index (χ1n) is 4.01. The van der Waals surface area contributed by atoms with E-state index in [0.717, 1.165) is 6.42 Å². The first-order valence-corrected chi connectivity index (χ1v) is 4.01. The molecule has 12 heavy (non-hydrogen) atoms. The molecule has 0 aromatic rings. The molecule has 0 aliphatic carbocycles. The lowest BCUT2D eigenvalue weighted by atomic mass is 9.83. The number of cyclic esters (lactones) is 1. The van der Waals surface area contributed by atoms with Crippen LogP contribution in [0.1, 0.15) is 20.3 Å². The molecular formula is C8H12O4. The molecule has 1 fully saturated rings. The predicted octanol–water partition coefficient (Wildman–Crippen LogP) is 0.659. The topological polar surface area (TPSA) is 63.6 Å². The molecule has 0 aromatic carbocycles. The minimum atomic E-state index is -1.04. The summed E-state index contributed by atoms with van der Waals surface area (Å²) in [4.78, 5) is 21.3. The van der Waals surface area contributed by atoms with E-state index in [1.807, 2.05) is 13.8 Å². The van der Waals surface area contributed by atoms with Gasteiger partial charge in [0.05, 0.1) is 0 Å². The van der Waals surface area contributed by atoms with Gasteiger partial charge in [-0.1, -0.05) is 20.3 Å². The van der Waals surface area contributed by atoms with E-state index in [1.54, 1.807) is 0 Å². The van der Waals surface area contributed by atoms with Crippen LogP contribution in [0.15, 0.2) is 0 Å². The molecule has 4 heteroatoms. The van der Waals surface area contributed by atoms with Gasteiger partial charge in [-0.2, -0.15) is 0 Å². The molecule has 3 atom stereocenters. The number of carboxylic acid groups (broad SMARTS) is 1. The van der Waals surface area contributed by atoms with Crippen LogP contribution in [0.2, 0.25) is 0 Å². The number of ether oxygens (including phenoxy) is 1. The Hall–Kier alpha value is -1.06. The van der Waals surface area contributed by atoms with Crippen molar-refractivity contribution in [3.8, 4) is 0 Å². The molecule has 0 amide bonds. The standard InChI is InChI=1S/C8H12O4/c1-3-4(2)5-6(7(9)10)12-8(5)11/h4-6H,3H2,1-2H3,(H,9,10)/t4-,5-,6-/m0/s1. The Morgan fingerprint density at radius 1 is 1.75 bits per heavy atom. The summed E-state index contributed by atoms with van der Waals surface area (Å²) in [5, 5.41) is 8.59. The van der Waals surface area contributed by atoms with Gasteiger partial charge in [-0.3, -0.25) is 4.79 Å². The van der Waals surface area contributed by atoms with E-state index in [-0.39, 0.29) is 11.9 Å². The maximum atomic E-state index is 10.9. The number of esters is 1. The van der Waals surface area contributed by atoms with Crippen molar-refractivity contribution in [3.63, 3.8) is 0 Å². The molecule has 0 saturated carbocycles. The highest BCUT2D eigenvalue weighted by Crippen LogP contribution is 2.31. The van der Waals surface area contributed by atoms with Crippen molar-refractivity contribution in [2.24, 2.45) is 11.8 Å². The van der Waals surface area contributed by atoms with Gasteiger partial charge in [0.15, 0.2) is 0 Å². The highest BCUT2D eigenvalue weighted by molar-refractivity contribution is 5.90. The smallest absolute Gasteiger partial charge is 0.345 e. The first-order chi connectivity index (χ1) is 5.57. The zero-order valence-corrected chi connectivity index (χ0v) is 7.11. The van der Waals surface area contributed by atoms with E-state index in [2.05, 4.69) is 4.74 Å². The Morgan fingerprint density at radius 3 is 2.67 bits per heavy atom. The molecule has 1 aliphatic heterocycles. The molecule has 1 saturated heterocycles. The van der Waals surface area contributed by atoms with Crippen molar-refractivity contribution >= 4 is 11.9 Å². The van der Waals surface area contributed by atoms with Crippen LogP contribution in [0.3, 0.4) is 0 Å². The largest absolute Gasteiger partial charge is 0.478 e. The molecular weight excluding hydrogens is 160 g/mol. The monoisotopic (exact) mass is 172 g/mol. The number of hydrogen-bond donors (Lipinski definition) is 1. The minimum Gasteiger partial charge on any atom is -0.478 e. The van der Waals surface area contributed by atoms with Crippen molar-refractivity contribution in [2.75, 3.05) is 0 Å². The molecule has 0 unspecified atom stereocenters. The molecule has 1 aliphatic rings. The van der Waals surface area contributed by atoms with Gasteiger partial charge < -0.3 is 9.84 Å². The summed E-state index contributed by atoms with van der Waals surface area (Å²) in [5.41, 5.74) is 0. The van der Waals surface area contributed by atoms with E-state index >= 15 is 0 Å². The molecule has 1 heterocycles. The van der Waals surface area contributed by atoms with Crippen LogP contribution < -0.4 is 0 Å². The molecule has 1 N–H and O–H groups in total. The second kappa shape index (κ2) is 3.13. The Kier molecular flexibility index (Phi) is 2.35. The van der Waals surface area contributed by atoms with Crippen molar-refractivity contribution in [2.45, 2.75) is 26.4 Å². The van der Waals surface area contributed by atoms with E-state index in [0.29, 0.717) is 0 Å². The third-order valence-corrected chi connectivity index (χ3v) is 2.34. The lowest BCUT2D eigenvalue weighted by Gasteiger charge is -2.35. The van der Waals surface area contributed by atoms with Gasteiger partial charge >= 0.3 is 11.9 Å². The first kappa shape index (κ1) is 9.03. The van der Waals surface area contributed by atoms with Crippen LogP contribution in [0.5, 0.6) is 0 Å². The van der Waals surface area contributed by atoms with Crippen molar-refractivity contribution < 1.29 is 19.4 Å². The fourth-order valence-electron chi connectivity index (χ4n) is 1.32. The SMILES string of the molecule is CC[C@H](C)[C@@H]1C(=O)O[C@@H]1C(=O)O. The summed E-state index contributed by atoms with van der Waals surface area (Å²) in [5.74, 6) is -1.77. The fraction of sp³-hybridized carbons (Fsp3) is 0.750. The van der Waals surface area contributed by atoms with Gasteiger partial charge in [0.25, 0.3) is 0 Å². The van der Waals surface area contributed by atoms with Crippen LogP contribution in [-0.2, 0) is 14.3 Å². The van der Waals surface area contributed by atoms with Gasteiger partial charge in [-0.05, 0) is 5.92 Å². The number of carboxylic acids is 1. The van der Waals surface area contributed by atoms with Crippen LogP contribution in [-0.4, -0.2) is 23.1 Å². The van der Waals surface area contributed by atoms with E-state index in [9.17, 15) is 9.59 Å². The molecule has 0 spiro atoms. The normalized spacial score (nSPS) is 30.3. The molecule has 0 aromatic heterocycles. The zero-order valence-electron chi connectivity index (χ0n) is 7.11. The van der Waals surface area contributed by atoms with Gasteiger partial charge in [-0.25, -0.2) is 4.79 Å². The summed E-state index contributed by atoms with van der Waals surface area (Å²) < 4.78 is 4.50. The van der Waals surface area contributed by atoms with Gasteiger partial charge in [-0.15, -0.1) is 0 Å². The summed E-state index contributed by atoms with van der Waals surface area (Å²) >= 11 is 0. The summed E-state index contributed by atoms with van der Waals surface area (Å²) in [7, 11) is 0. The Labute approximate surface area is 70.5 Å². The summed E-state index contributed by atoms with van der Waals surface area (Å²) in [6.45, 7) is 3.79. The lowest BCUT2D eigenvalue weighted by molar-refractivity contribution is -0.200. The number of aliphatic carboxylic acids is 1. The Balaban J connectivity index is 2.61. The third-order valence-electron chi connectivity index (χ3n) is 2.34. The summed E-state index contributed by atoms with van der Waals surface area (Å²) in [6, 6.07) is 0. The average molecular weight is 172 g/mol. The second-order valence-electron chi connectivity index (χ2n) is 3.11. The van der Waals surface area contributed by atoms with Gasteiger partial charge in [0.1, 0.15) is 5.92 Å². The quantitative estimate of drug-likeness (QED) is 0.635. The fourth-order valence-corrected chi connectivity index (χ4v) is 1.32. The highest BCUT2D eigenvalue weighted by Gasteiger charge is 2.49. The second-order valence-corrected chi connectivity index (χ2v) is 3.11. The predicted molar refractivity (Wildman–Crippen MR) is 40.5 cm³/mol. The lowest BCUT2D eigenvalue weighted by Crippen LogP contribution is -2.52. The molecule has 1 rings (SSSR count). The summed E-state index contributed by atoms with van der Waals surface area (Å²) in [6.07, 6.45) is -0.115. The van der Waals surface area contributed by atoms with Crippen LogP contribution in [0.25, 0.3) is 0 Å². The van der Waals surface area contributed by atoms with Gasteiger partial charge in [0.2, 0.25) is 6.10 Å². The molecule has 4 nitrogen and oxygen atoms in total. The number of rotatable bonds is 3. The van der Waals surface area contributed by atoms with E-state index < -0.39 is 18.0 Å². The zero-order chi connectivity index (χ0) is 9.30. The molecule has 0 bridgehead atoms. The van der Waals surface area contributed by atoms with Crippen LogP contribution >= 0.6 is 0 Å². The number of hydrogen-bond acceptors (Lipinski definition) is 3. The van der Waals surface area contributed by atoms with Crippen molar-refractivity contribution in [1.29, 1.82) is 0 Å². The van der Waals surface area contributed by atoms with E-state index in [1.165, 1.54) is 0 Å². The van der Waals surface area contributed by atoms with Gasteiger partial charge in [0, 0.05) is 0 Å². The van der Waals surface area contributed by atoms with Crippen molar-refractivity contribution in [1.82, 2.24) is 0 Å². The Bertz CT molecular complexity index is 211. The number of carbonyl (C=O) groups excluding carboxylic acids is 1. The van der Waals surface area contributed by atoms with Crippen LogP contribution in [0.4, 0.5) is 0 Å². The average Bonchev–Trinajstić information content (AvgIpc) is 1.99.